The van der Waals surface area contributed by atoms with Crippen LogP contribution >= 0.6 is 8.25 Å². The van der Waals surface area contributed by atoms with Crippen LogP contribution in [-0.2, 0) is 18.4 Å². The van der Waals surface area contributed by atoms with Gasteiger partial charge in [-0.15, -0.1) is 0 Å². The van der Waals surface area contributed by atoms with Crippen molar-refractivity contribution >= 4 is 20.2 Å². The van der Waals surface area contributed by atoms with E-state index < -0.39 is 14.3 Å². The van der Waals surface area contributed by atoms with E-state index in [1.807, 2.05) is 5.32 Å². The molecule has 8 heteroatoms. The predicted octanol–water partition coefficient (Wildman–Crippen LogP) is 0.275. The Balaban J connectivity index is 0.000000262. The molecule has 0 aromatic rings. The van der Waals surface area contributed by atoms with Crippen LogP contribution in [0.4, 0.5) is 4.79 Å². The van der Waals surface area contributed by atoms with Gasteiger partial charge in [0.2, 0.25) is 5.91 Å². The summed E-state index contributed by atoms with van der Waals surface area (Å²) in [5.41, 5.74) is 0. The number of rotatable bonds is 4. The van der Waals surface area contributed by atoms with Gasteiger partial charge in [-0.1, -0.05) is 0 Å². The first-order valence-electron chi connectivity index (χ1n) is 4.47. The SMILES string of the molecule is CCO[PH](=O)OCC.O=C1CNC(=O)N1. The summed E-state index contributed by atoms with van der Waals surface area (Å²) in [6.45, 7) is 4.59. The summed E-state index contributed by atoms with van der Waals surface area (Å²) in [6, 6.07) is -0.398. The molecule has 88 valence electrons. The smallest absolute Gasteiger partial charge is 0.321 e. The van der Waals surface area contributed by atoms with Crippen LogP contribution in [0.3, 0.4) is 0 Å². The average Bonchev–Trinajstić information content (AvgIpc) is 2.52. The summed E-state index contributed by atoms with van der Waals surface area (Å²) in [5.74, 6) is -0.259. The number of hydrogen-bond donors (Lipinski definition) is 2. The van der Waals surface area contributed by atoms with Crippen LogP contribution in [0, 0.1) is 0 Å². The lowest BCUT2D eigenvalue weighted by molar-refractivity contribution is -0.117. The van der Waals surface area contributed by atoms with E-state index >= 15 is 0 Å². The summed E-state index contributed by atoms with van der Waals surface area (Å²) >= 11 is 0. The highest BCUT2D eigenvalue weighted by Crippen LogP contribution is 2.21. The first-order chi connectivity index (χ1) is 7.10. The van der Waals surface area contributed by atoms with Crippen molar-refractivity contribution in [3.8, 4) is 0 Å². The lowest BCUT2D eigenvalue weighted by Gasteiger charge is -1.97. The molecule has 1 saturated heterocycles. The minimum atomic E-state index is -2.14. The molecule has 0 aliphatic carbocycles. The third-order valence-electron chi connectivity index (χ3n) is 1.19. The molecule has 1 aliphatic heterocycles. The zero-order valence-corrected chi connectivity index (χ0v) is 9.66. The Morgan fingerprint density at radius 3 is 2.00 bits per heavy atom. The number of amides is 3. The standard InChI is InChI=1S/C4H11O3P.C3H4N2O2/c1-3-6-8(5)7-4-2;6-2-1-4-3(7)5-2/h8H,3-4H2,1-2H3;1H2,(H2,4,5,6,7). The van der Waals surface area contributed by atoms with Crippen LogP contribution in [-0.4, -0.2) is 31.7 Å². The van der Waals surface area contributed by atoms with Crippen molar-refractivity contribution in [3.63, 3.8) is 0 Å². The highest BCUT2D eigenvalue weighted by atomic mass is 31.1. The van der Waals surface area contributed by atoms with E-state index in [0.717, 1.165) is 0 Å². The van der Waals surface area contributed by atoms with Gasteiger partial charge >= 0.3 is 14.3 Å². The minimum Gasteiger partial charge on any atom is -0.329 e. The lowest BCUT2D eigenvalue weighted by Crippen LogP contribution is -2.22. The molecule has 2 N–H and O–H groups in total. The molecule has 0 aromatic heterocycles. The fourth-order valence-electron chi connectivity index (χ4n) is 0.653. The molecule has 1 heterocycles. The van der Waals surface area contributed by atoms with Gasteiger partial charge in [0.25, 0.3) is 0 Å². The van der Waals surface area contributed by atoms with E-state index in [2.05, 4.69) is 14.4 Å². The molecular weight excluding hydrogens is 223 g/mol. The molecule has 7 nitrogen and oxygen atoms in total. The van der Waals surface area contributed by atoms with Gasteiger partial charge in [-0.25, -0.2) is 4.79 Å². The highest BCUT2D eigenvalue weighted by molar-refractivity contribution is 7.33. The van der Waals surface area contributed by atoms with Crippen LogP contribution in [0.1, 0.15) is 13.8 Å². The lowest BCUT2D eigenvalue weighted by atomic mass is 10.7. The van der Waals surface area contributed by atoms with E-state index in [9.17, 15) is 14.2 Å². The van der Waals surface area contributed by atoms with Crippen LogP contribution in [0.2, 0.25) is 0 Å². The number of imide groups is 1. The summed E-state index contributed by atoms with van der Waals surface area (Å²) in [4.78, 5) is 20.1. The number of carbonyl (C=O) groups is 2. The predicted molar refractivity (Wildman–Crippen MR) is 53.8 cm³/mol. The van der Waals surface area contributed by atoms with Crippen molar-refractivity contribution in [3.05, 3.63) is 0 Å². The van der Waals surface area contributed by atoms with Gasteiger partial charge < -0.3 is 14.4 Å². The first kappa shape index (κ1) is 14.1. The van der Waals surface area contributed by atoms with Crippen molar-refractivity contribution in [2.75, 3.05) is 19.8 Å². The third kappa shape index (κ3) is 8.11. The summed E-state index contributed by atoms with van der Waals surface area (Å²) in [5, 5.41) is 4.30. The van der Waals surface area contributed by atoms with Gasteiger partial charge in [0.1, 0.15) is 0 Å². The molecule has 1 fully saturated rings. The molecule has 0 spiro atoms. The second-order valence-corrected chi connectivity index (χ2v) is 3.42. The molecule has 0 aromatic carbocycles. The van der Waals surface area contributed by atoms with E-state index in [4.69, 9.17) is 0 Å². The van der Waals surface area contributed by atoms with E-state index in [0.29, 0.717) is 13.2 Å². The molecule has 0 atom stereocenters. The van der Waals surface area contributed by atoms with Crippen molar-refractivity contribution in [2.24, 2.45) is 0 Å². The molecule has 0 unspecified atom stereocenters. The average molecular weight is 238 g/mol. The van der Waals surface area contributed by atoms with Gasteiger partial charge in [-0.05, 0) is 13.8 Å². The minimum absolute atomic E-state index is 0.124. The van der Waals surface area contributed by atoms with E-state index in [1.54, 1.807) is 13.8 Å². The molecule has 3 amide bonds. The Labute approximate surface area is 88.5 Å². The molecule has 15 heavy (non-hydrogen) atoms. The second kappa shape index (κ2) is 8.40. The summed E-state index contributed by atoms with van der Waals surface area (Å²) in [7, 11) is -2.14. The number of nitrogens with one attached hydrogen (secondary N) is 2. The molecule has 1 rings (SSSR count). The molecule has 0 radical (unpaired) electrons. The molecule has 0 saturated carbocycles. The van der Waals surface area contributed by atoms with E-state index in [-0.39, 0.29) is 12.5 Å². The maximum atomic E-state index is 10.4. The van der Waals surface area contributed by atoms with Crippen molar-refractivity contribution in [1.82, 2.24) is 10.6 Å². The zero-order valence-electron chi connectivity index (χ0n) is 8.66. The Morgan fingerprint density at radius 1 is 1.27 bits per heavy atom. The second-order valence-electron chi connectivity index (χ2n) is 2.35. The van der Waals surface area contributed by atoms with Gasteiger partial charge in [0.15, 0.2) is 0 Å². The van der Waals surface area contributed by atoms with E-state index in [1.165, 1.54) is 0 Å². The fraction of sp³-hybridized carbons (Fsp3) is 0.714. The Kier molecular flexibility index (Phi) is 7.89. The Hall–Kier alpha value is -0.910. The normalized spacial score (nSPS) is 14.3. The van der Waals surface area contributed by atoms with Crippen LogP contribution < -0.4 is 10.6 Å². The third-order valence-corrected chi connectivity index (χ3v) is 2.24. The quantitative estimate of drug-likeness (QED) is 0.541. The first-order valence-corrected chi connectivity index (χ1v) is 5.69. The largest absolute Gasteiger partial charge is 0.329 e. The maximum absolute atomic E-state index is 10.4. The van der Waals surface area contributed by atoms with Gasteiger partial charge in [0, 0.05) is 0 Å². The maximum Gasteiger partial charge on any atom is 0.321 e. The van der Waals surface area contributed by atoms with Gasteiger partial charge in [-0.3, -0.25) is 14.7 Å². The summed E-state index contributed by atoms with van der Waals surface area (Å²) in [6.07, 6.45) is 0. The van der Waals surface area contributed by atoms with Crippen molar-refractivity contribution < 1.29 is 23.2 Å². The van der Waals surface area contributed by atoms with Crippen molar-refractivity contribution in [1.29, 1.82) is 0 Å². The topological polar surface area (TPSA) is 93.7 Å². The molecular formula is C7H15N2O5P. The molecule has 0 bridgehead atoms. The summed E-state index contributed by atoms with van der Waals surface area (Å²) < 4.78 is 19.6. The number of hydrogen-bond acceptors (Lipinski definition) is 5. The zero-order chi connectivity index (χ0) is 11.7. The van der Waals surface area contributed by atoms with Gasteiger partial charge in [-0.2, -0.15) is 0 Å². The fourth-order valence-corrected chi connectivity index (χ4v) is 1.21. The van der Waals surface area contributed by atoms with Crippen molar-refractivity contribution in [2.45, 2.75) is 13.8 Å². The van der Waals surface area contributed by atoms with Gasteiger partial charge in [0.05, 0.1) is 19.8 Å². The van der Waals surface area contributed by atoms with Crippen LogP contribution in [0.15, 0.2) is 0 Å². The Morgan fingerprint density at radius 2 is 1.80 bits per heavy atom. The number of carbonyl (C=O) groups excluding carboxylic acids is 2. The van der Waals surface area contributed by atoms with Crippen LogP contribution in [0.5, 0.6) is 0 Å². The van der Waals surface area contributed by atoms with Crippen LogP contribution in [0.25, 0.3) is 0 Å². The number of urea groups is 1. The highest BCUT2D eigenvalue weighted by Gasteiger charge is 2.14. The molecule has 1 aliphatic rings. The Bertz CT molecular complexity index is 224. The monoisotopic (exact) mass is 238 g/mol.